The van der Waals surface area contributed by atoms with E-state index in [1.54, 1.807) is 0 Å². The first kappa shape index (κ1) is 17.8. The Hall–Kier alpha value is -1.60. The van der Waals surface area contributed by atoms with Crippen LogP contribution in [0.1, 0.15) is 37.9 Å². The number of hydrogen-bond donors (Lipinski definition) is 1. The van der Waals surface area contributed by atoms with Crippen LogP contribution >= 0.6 is 0 Å². The van der Waals surface area contributed by atoms with Gasteiger partial charge in [0.05, 0.1) is 19.3 Å². The maximum Gasteiger partial charge on any atom is 0.194 e. The fourth-order valence-corrected chi connectivity index (χ4v) is 4.07. The molecule has 3 heterocycles. The van der Waals surface area contributed by atoms with E-state index in [0.717, 1.165) is 50.4 Å². The molecule has 2 atom stereocenters. The molecule has 7 heteroatoms. The molecule has 2 aliphatic heterocycles. The number of ether oxygens (including phenoxy) is 1. The Balaban J connectivity index is 1.36. The quantitative estimate of drug-likeness (QED) is 0.632. The van der Waals surface area contributed by atoms with Crippen LogP contribution in [0.15, 0.2) is 17.4 Å². The SMILES string of the molecule is CCNC(=NCC1CCN(C2CC2)C1)N1CCOC(c2cnn(C)c2)C1. The minimum Gasteiger partial charge on any atom is -0.370 e. The van der Waals surface area contributed by atoms with Crippen LogP contribution in [-0.4, -0.2) is 77.5 Å². The highest BCUT2D eigenvalue weighted by Crippen LogP contribution is 2.31. The normalized spacial score (nSPS) is 27.9. The van der Waals surface area contributed by atoms with Gasteiger partial charge in [-0.25, -0.2) is 0 Å². The van der Waals surface area contributed by atoms with Gasteiger partial charge in [0, 0.05) is 51.0 Å². The highest BCUT2D eigenvalue weighted by Gasteiger charge is 2.34. The lowest BCUT2D eigenvalue weighted by Gasteiger charge is -2.35. The van der Waals surface area contributed by atoms with Gasteiger partial charge < -0.3 is 19.9 Å². The number of nitrogens with zero attached hydrogens (tertiary/aromatic N) is 5. The van der Waals surface area contributed by atoms with Gasteiger partial charge in [0.25, 0.3) is 0 Å². The maximum atomic E-state index is 5.98. The van der Waals surface area contributed by atoms with Gasteiger partial charge in [-0.2, -0.15) is 5.10 Å². The van der Waals surface area contributed by atoms with Gasteiger partial charge in [0.2, 0.25) is 0 Å². The van der Waals surface area contributed by atoms with Gasteiger partial charge >= 0.3 is 0 Å². The van der Waals surface area contributed by atoms with Crippen LogP contribution in [0.3, 0.4) is 0 Å². The predicted molar refractivity (Wildman–Crippen MR) is 102 cm³/mol. The molecule has 0 radical (unpaired) electrons. The first-order valence-electron chi connectivity index (χ1n) is 10.1. The maximum absolute atomic E-state index is 5.98. The van der Waals surface area contributed by atoms with Crippen molar-refractivity contribution in [2.75, 3.05) is 45.9 Å². The van der Waals surface area contributed by atoms with E-state index in [9.17, 15) is 0 Å². The smallest absolute Gasteiger partial charge is 0.194 e. The Kier molecular flexibility index (Phi) is 5.45. The number of hydrogen-bond acceptors (Lipinski definition) is 4. The number of guanidine groups is 1. The Morgan fingerprint density at radius 2 is 2.19 bits per heavy atom. The number of morpholine rings is 1. The van der Waals surface area contributed by atoms with Crippen LogP contribution in [0.5, 0.6) is 0 Å². The van der Waals surface area contributed by atoms with Crippen molar-refractivity contribution in [1.82, 2.24) is 24.9 Å². The van der Waals surface area contributed by atoms with Crippen molar-refractivity contribution in [3.8, 4) is 0 Å². The summed E-state index contributed by atoms with van der Waals surface area (Å²) in [6.45, 7) is 8.91. The third kappa shape index (κ3) is 4.20. The zero-order valence-electron chi connectivity index (χ0n) is 16.1. The minimum atomic E-state index is 0.0677. The van der Waals surface area contributed by atoms with Gasteiger partial charge in [-0.05, 0) is 38.6 Å². The Bertz CT molecular complexity index is 625. The molecule has 1 N–H and O–H groups in total. The molecule has 7 nitrogen and oxygen atoms in total. The molecular weight excluding hydrogens is 328 g/mol. The molecule has 4 rings (SSSR count). The molecule has 0 spiro atoms. The van der Waals surface area contributed by atoms with Crippen LogP contribution in [0, 0.1) is 5.92 Å². The molecule has 0 aromatic carbocycles. The molecular formula is C19H32N6O. The summed E-state index contributed by atoms with van der Waals surface area (Å²) in [4.78, 5) is 10.0. The zero-order valence-corrected chi connectivity index (χ0v) is 16.1. The van der Waals surface area contributed by atoms with E-state index in [4.69, 9.17) is 9.73 Å². The second-order valence-electron chi connectivity index (χ2n) is 7.83. The third-order valence-electron chi connectivity index (χ3n) is 5.68. The van der Waals surface area contributed by atoms with Crippen molar-refractivity contribution in [2.45, 2.75) is 38.3 Å². The van der Waals surface area contributed by atoms with Crippen LogP contribution in [0.2, 0.25) is 0 Å². The van der Waals surface area contributed by atoms with Gasteiger partial charge in [-0.15, -0.1) is 0 Å². The Labute approximate surface area is 156 Å². The third-order valence-corrected chi connectivity index (χ3v) is 5.68. The summed E-state index contributed by atoms with van der Waals surface area (Å²) in [6, 6.07) is 0.886. The fourth-order valence-electron chi connectivity index (χ4n) is 4.07. The Morgan fingerprint density at radius 3 is 2.92 bits per heavy atom. The number of aromatic nitrogens is 2. The van der Waals surface area contributed by atoms with Crippen LogP contribution in [-0.2, 0) is 11.8 Å². The summed E-state index contributed by atoms with van der Waals surface area (Å²) in [7, 11) is 1.95. The molecule has 1 aromatic heterocycles. The highest BCUT2D eigenvalue weighted by molar-refractivity contribution is 5.80. The van der Waals surface area contributed by atoms with E-state index < -0.39 is 0 Å². The summed E-state index contributed by atoms with van der Waals surface area (Å²) < 4.78 is 7.81. The molecule has 3 fully saturated rings. The average Bonchev–Trinajstić information content (AvgIpc) is 3.24. The van der Waals surface area contributed by atoms with Crippen molar-refractivity contribution in [3.05, 3.63) is 18.0 Å². The number of aryl methyl sites for hydroxylation is 1. The lowest BCUT2D eigenvalue weighted by atomic mass is 10.1. The number of nitrogens with one attached hydrogen (secondary N) is 1. The summed E-state index contributed by atoms with van der Waals surface area (Å²) in [5, 5.41) is 7.77. The first-order chi connectivity index (χ1) is 12.7. The molecule has 1 saturated carbocycles. The standard InChI is InChI=1S/C19H32N6O/c1-3-20-19(21-10-15-6-7-24(12-15)17-4-5-17)25-8-9-26-18(14-25)16-11-22-23(2)13-16/h11,13,15,17-18H,3-10,12,14H2,1-2H3,(H,20,21). The molecule has 0 bridgehead atoms. The second kappa shape index (κ2) is 7.96. The molecule has 1 aliphatic carbocycles. The first-order valence-corrected chi connectivity index (χ1v) is 10.1. The van der Waals surface area contributed by atoms with E-state index in [1.807, 2.05) is 24.1 Å². The zero-order chi connectivity index (χ0) is 17.9. The van der Waals surface area contributed by atoms with Gasteiger partial charge in [0.15, 0.2) is 5.96 Å². The predicted octanol–water partition coefficient (Wildman–Crippen LogP) is 1.24. The summed E-state index contributed by atoms with van der Waals surface area (Å²) in [6.07, 6.45) is 8.12. The van der Waals surface area contributed by atoms with E-state index in [2.05, 4.69) is 27.1 Å². The summed E-state index contributed by atoms with van der Waals surface area (Å²) in [5.74, 6) is 1.74. The fraction of sp³-hybridized carbons (Fsp3) is 0.789. The van der Waals surface area contributed by atoms with E-state index in [-0.39, 0.29) is 6.10 Å². The van der Waals surface area contributed by atoms with E-state index >= 15 is 0 Å². The van der Waals surface area contributed by atoms with Crippen molar-refractivity contribution < 1.29 is 4.74 Å². The monoisotopic (exact) mass is 360 g/mol. The van der Waals surface area contributed by atoms with Crippen LogP contribution in [0.25, 0.3) is 0 Å². The number of likely N-dealkylation sites (tertiary alicyclic amines) is 1. The molecule has 0 amide bonds. The molecule has 2 unspecified atom stereocenters. The lowest BCUT2D eigenvalue weighted by Crippen LogP contribution is -2.48. The molecule has 144 valence electrons. The minimum absolute atomic E-state index is 0.0677. The van der Waals surface area contributed by atoms with E-state index in [0.29, 0.717) is 5.92 Å². The number of aliphatic imine (C=N–C) groups is 1. The van der Waals surface area contributed by atoms with E-state index in [1.165, 1.54) is 32.4 Å². The van der Waals surface area contributed by atoms with Crippen molar-refractivity contribution in [3.63, 3.8) is 0 Å². The summed E-state index contributed by atoms with van der Waals surface area (Å²) in [5.41, 5.74) is 1.14. The highest BCUT2D eigenvalue weighted by atomic mass is 16.5. The topological polar surface area (TPSA) is 57.9 Å². The number of rotatable bonds is 5. The summed E-state index contributed by atoms with van der Waals surface area (Å²) >= 11 is 0. The second-order valence-corrected chi connectivity index (χ2v) is 7.83. The van der Waals surface area contributed by atoms with Gasteiger partial charge in [-0.1, -0.05) is 0 Å². The largest absolute Gasteiger partial charge is 0.370 e. The lowest BCUT2D eigenvalue weighted by molar-refractivity contribution is -0.00806. The Morgan fingerprint density at radius 1 is 1.31 bits per heavy atom. The van der Waals surface area contributed by atoms with Crippen LogP contribution in [0.4, 0.5) is 0 Å². The van der Waals surface area contributed by atoms with Gasteiger partial charge in [0.1, 0.15) is 6.10 Å². The van der Waals surface area contributed by atoms with Crippen molar-refractivity contribution in [1.29, 1.82) is 0 Å². The average molecular weight is 361 g/mol. The molecule has 3 aliphatic rings. The molecule has 26 heavy (non-hydrogen) atoms. The van der Waals surface area contributed by atoms with Gasteiger partial charge in [-0.3, -0.25) is 9.67 Å². The molecule has 1 aromatic rings. The van der Waals surface area contributed by atoms with Crippen molar-refractivity contribution in [2.24, 2.45) is 18.0 Å². The van der Waals surface area contributed by atoms with Crippen LogP contribution < -0.4 is 5.32 Å². The van der Waals surface area contributed by atoms with Crippen molar-refractivity contribution >= 4 is 5.96 Å². The molecule has 2 saturated heterocycles.